The molecule has 0 fully saturated rings. The molecule has 0 aliphatic carbocycles. The molecule has 0 spiro atoms. The van der Waals surface area contributed by atoms with Gasteiger partial charge in [0.2, 0.25) is 17.9 Å². The number of hydrazone groups is 3. The van der Waals surface area contributed by atoms with Gasteiger partial charge in [0.05, 0.1) is 23.9 Å². The zero-order valence-electron chi connectivity index (χ0n) is 12.1. The van der Waals surface area contributed by atoms with E-state index in [0.717, 1.165) is 0 Å². The molecule has 0 rings (SSSR count). The average Bonchev–Trinajstić information content (AvgIpc) is 2.42. The van der Waals surface area contributed by atoms with Crippen molar-refractivity contribution in [1.29, 1.82) is 10.8 Å². The fraction of sp³-hybridized carbons (Fsp3) is 0.222. The van der Waals surface area contributed by atoms with Gasteiger partial charge in [-0.1, -0.05) is 0 Å². The topological polar surface area (TPSA) is 224 Å². The van der Waals surface area contributed by atoms with Crippen molar-refractivity contribution < 1.29 is 0 Å². The third-order valence-corrected chi connectivity index (χ3v) is 1.54. The largest absolute Gasteiger partial charge is 0.369 e. The van der Waals surface area contributed by atoms with Gasteiger partial charge in [0.1, 0.15) is 0 Å². The number of nitrogens with two attached hydrogens (primary N) is 3. The number of nitrogens with one attached hydrogen (secondary N) is 5. The number of guanidine groups is 3. The van der Waals surface area contributed by atoms with E-state index in [9.17, 15) is 0 Å². The second kappa shape index (κ2) is 10.3. The highest BCUT2D eigenvalue weighted by Crippen LogP contribution is 1.78. The van der Waals surface area contributed by atoms with Crippen LogP contribution in [0.3, 0.4) is 0 Å². The maximum absolute atomic E-state index is 6.89. The highest BCUT2D eigenvalue weighted by atomic mass is 15.4. The minimum absolute atomic E-state index is 0.0560. The third kappa shape index (κ3) is 11.6. The Balaban J connectivity index is 4.43. The van der Waals surface area contributed by atoms with Crippen LogP contribution < -0.4 is 33.5 Å². The molecule has 13 nitrogen and oxygen atoms in total. The maximum atomic E-state index is 6.89. The molecule has 0 aromatic heterocycles. The molecule has 0 aromatic carbocycles. The molecule has 13 heteroatoms. The third-order valence-electron chi connectivity index (χ3n) is 1.54. The summed E-state index contributed by atoms with van der Waals surface area (Å²) in [5.41, 5.74) is 23.4. The molecule has 0 aromatic rings. The van der Waals surface area contributed by atoms with Crippen LogP contribution in [0.1, 0.15) is 13.8 Å². The molecular weight excluding hydrogens is 290 g/mol. The quantitative estimate of drug-likeness (QED) is 0.151. The molecule has 0 saturated heterocycles. The van der Waals surface area contributed by atoms with Crippen LogP contribution in [0.15, 0.2) is 25.5 Å². The molecule has 0 aliphatic rings. The van der Waals surface area contributed by atoms with Crippen LogP contribution in [0, 0.1) is 10.8 Å². The SMILES string of the molecule is CC(/C=N/NC(=N)N)=N\N=C(N)N/N=C(C)/C=N/NC(=N)N. The van der Waals surface area contributed by atoms with Gasteiger partial charge in [-0.05, 0) is 13.8 Å². The van der Waals surface area contributed by atoms with E-state index in [2.05, 4.69) is 41.8 Å². The van der Waals surface area contributed by atoms with Crippen LogP contribution >= 0.6 is 0 Å². The van der Waals surface area contributed by atoms with Crippen LogP contribution in [-0.2, 0) is 0 Å². The van der Waals surface area contributed by atoms with Crippen molar-refractivity contribution in [1.82, 2.24) is 16.3 Å². The van der Waals surface area contributed by atoms with Crippen LogP contribution in [-0.4, -0.2) is 41.7 Å². The van der Waals surface area contributed by atoms with Gasteiger partial charge < -0.3 is 17.2 Å². The Hall–Kier alpha value is -3.51. The van der Waals surface area contributed by atoms with Gasteiger partial charge in [-0.2, -0.15) is 20.4 Å². The van der Waals surface area contributed by atoms with E-state index in [-0.39, 0.29) is 17.9 Å². The molecule has 22 heavy (non-hydrogen) atoms. The van der Waals surface area contributed by atoms with Crippen molar-refractivity contribution in [3.63, 3.8) is 0 Å². The molecule has 11 N–H and O–H groups in total. The van der Waals surface area contributed by atoms with Gasteiger partial charge in [-0.3, -0.25) is 10.8 Å². The minimum atomic E-state index is -0.292. The van der Waals surface area contributed by atoms with Crippen LogP contribution in [0.2, 0.25) is 0 Å². The van der Waals surface area contributed by atoms with Crippen molar-refractivity contribution >= 4 is 41.7 Å². The first-order valence-corrected chi connectivity index (χ1v) is 5.75. The lowest BCUT2D eigenvalue weighted by molar-refractivity contribution is 0.981. The summed E-state index contributed by atoms with van der Waals surface area (Å²) in [5, 5.41) is 32.2. The Morgan fingerprint density at radius 2 is 1.32 bits per heavy atom. The van der Waals surface area contributed by atoms with Gasteiger partial charge in [-0.25, -0.2) is 16.3 Å². The summed E-state index contributed by atoms with van der Waals surface area (Å²) in [4.78, 5) is 0. The molecule has 0 saturated carbocycles. The lowest BCUT2D eigenvalue weighted by atomic mass is 10.5. The molecule has 0 bridgehead atoms. The second-order valence-electron chi connectivity index (χ2n) is 3.66. The smallest absolute Gasteiger partial charge is 0.234 e. The first-order valence-electron chi connectivity index (χ1n) is 5.75. The fourth-order valence-electron chi connectivity index (χ4n) is 0.746. The zero-order valence-corrected chi connectivity index (χ0v) is 12.1. The Kier molecular flexibility index (Phi) is 8.66. The molecular formula is C9H19N13. The summed E-state index contributed by atoms with van der Waals surface area (Å²) < 4.78 is 0. The van der Waals surface area contributed by atoms with Crippen LogP contribution in [0.5, 0.6) is 0 Å². The summed E-state index contributed by atoms with van der Waals surface area (Å²) in [7, 11) is 0. The molecule has 0 amide bonds. The lowest BCUT2D eigenvalue weighted by Gasteiger charge is -1.98. The van der Waals surface area contributed by atoms with Crippen molar-refractivity contribution in [2.24, 2.45) is 42.7 Å². The van der Waals surface area contributed by atoms with Crippen molar-refractivity contribution in [2.45, 2.75) is 13.8 Å². The normalized spacial score (nSPS) is 13.5. The van der Waals surface area contributed by atoms with Gasteiger partial charge in [0.25, 0.3) is 0 Å². The predicted molar refractivity (Wildman–Crippen MR) is 88.1 cm³/mol. The van der Waals surface area contributed by atoms with E-state index in [1.54, 1.807) is 13.8 Å². The van der Waals surface area contributed by atoms with Crippen LogP contribution in [0.25, 0.3) is 0 Å². The number of rotatable bonds is 6. The number of nitrogens with zero attached hydrogens (tertiary/aromatic N) is 5. The summed E-state index contributed by atoms with van der Waals surface area (Å²) >= 11 is 0. The standard InChI is InChI=1S/C9H19N13/c1-5(3-15-19-7(10)11)17-21-9(14)22-18-6(2)4-16-20-8(12)13/h3-4H,1-2H3,(H4,10,11,19)(H4,12,13,20)(H3,14,21,22)/b15-3+,16-4+,17-5+,18-6+. The van der Waals surface area contributed by atoms with E-state index < -0.39 is 0 Å². The molecule has 120 valence electrons. The monoisotopic (exact) mass is 309 g/mol. The molecule has 0 heterocycles. The molecule has 0 atom stereocenters. The Morgan fingerprint density at radius 1 is 0.818 bits per heavy atom. The number of hydrogen-bond donors (Lipinski definition) is 8. The minimum Gasteiger partial charge on any atom is -0.369 e. The number of hydrogen-bond acceptors (Lipinski definition) is 7. The van der Waals surface area contributed by atoms with Gasteiger partial charge in [-0.15, -0.1) is 5.10 Å². The van der Waals surface area contributed by atoms with E-state index in [1.807, 2.05) is 0 Å². The molecule has 0 aliphatic heterocycles. The first-order chi connectivity index (χ1) is 10.3. The first kappa shape index (κ1) is 18.5. The molecule has 0 radical (unpaired) electrons. The Morgan fingerprint density at radius 3 is 1.82 bits per heavy atom. The van der Waals surface area contributed by atoms with Crippen molar-refractivity contribution in [2.75, 3.05) is 0 Å². The summed E-state index contributed by atoms with van der Waals surface area (Å²) in [5.74, 6) is -0.636. The lowest BCUT2D eigenvalue weighted by Crippen LogP contribution is -2.28. The van der Waals surface area contributed by atoms with E-state index in [1.165, 1.54) is 12.4 Å². The highest BCUT2D eigenvalue weighted by molar-refractivity contribution is 6.30. The summed E-state index contributed by atoms with van der Waals surface area (Å²) in [6.07, 6.45) is 2.64. The van der Waals surface area contributed by atoms with Gasteiger partial charge in [0.15, 0.2) is 0 Å². The van der Waals surface area contributed by atoms with Gasteiger partial charge in [0, 0.05) is 0 Å². The van der Waals surface area contributed by atoms with Gasteiger partial charge >= 0.3 is 0 Å². The zero-order chi connectivity index (χ0) is 17.0. The van der Waals surface area contributed by atoms with E-state index >= 15 is 0 Å². The van der Waals surface area contributed by atoms with E-state index in [0.29, 0.717) is 11.4 Å². The average molecular weight is 309 g/mol. The molecule has 0 unspecified atom stereocenters. The maximum Gasteiger partial charge on any atom is 0.234 e. The van der Waals surface area contributed by atoms with E-state index in [4.69, 9.17) is 28.0 Å². The van der Waals surface area contributed by atoms with Crippen molar-refractivity contribution in [3.05, 3.63) is 0 Å². The Bertz CT molecular complexity index is 538. The summed E-state index contributed by atoms with van der Waals surface area (Å²) in [6.45, 7) is 3.26. The van der Waals surface area contributed by atoms with Crippen LogP contribution in [0.4, 0.5) is 0 Å². The van der Waals surface area contributed by atoms with Crippen molar-refractivity contribution in [3.8, 4) is 0 Å². The predicted octanol–water partition coefficient (Wildman–Crippen LogP) is -2.42. The Labute approximate surface area is 126 Å². The second-order valence-corrected chi connectivity index (χ2v) is 3.66. The highest BCUT2D eigenvalue weighted by Gasteiger charge is 1.90. The summed E-state index contributed by atoms with van der Waals surface area (Å²) in [6, 6.07) is 0. The fourth-order valence-corrected chi connectivity index (χ4v) is 0.746.